The van der Waals surface area contributed by atoms with E-state index in [2.05, 4.69) is 28.1 Å². The summed E-state index contributed by atoms with van der Waals surface area (Å²) in [6.07, 6.45) is 1.60. The van der Waals surface area contributed by atoms with Gasteiger partial charge in [0.15, 0.2) is 0 Å². The molecule has 0 aromatic heterocycles. The first-order chi connectivity index (χ1) is 8.72. The van der Waals surface area contributed by atoms with Crippen LogP contribution in [0.3, 0.4) is 0 Å². The number of hydrogen-bond acceptors (Lipinski definition) is 2. The van der Waals surface area contributed by atoms with Crippen LogP contribution in [-0.4, -0.2) is 36.3 Å². The van der Waals surface area contributed by atoms with Gasteiger partial charge in [0.1, 0.15) is 5.75 Å². The maximum absolute atomic E-state index is 11.8. The van der Waals surface area contributed by atoms with Crippen molar-refractivity contribution < 1.29 is 9.53 Å². The molecule has 2 rings (SSSR count). The Bertz CT molecular complexity index is 405. The van der Waals surface area contributed by atoms with Crippen LogP contribution in [0.4, 0.5) is 0 Å². The van der Waals surface area contributed by atoms with Crippen molar-refractivity contribution >= 4 is 21.8 Å². The molecule has 0 bridgehead atoms. The van der Waals surface area contributed by atoms with Crippen LogP contribution in [0.1, 0.15) is 12.0 Å². The summed E-state index contributed by atoms with van der Waals surface area (Å²) in [6, 6.07) is 8.04. The first-order valence-electron chi connectivity index (χ1n) is 6.19. The van der Waals surface area contributed by atoms with Gasteiger partial charge in [0, 0.05) is 24.8 Å². The van der Waals surface area contributed by atoms with Crippen molar-refractivity contribution in [2.24, 2.45) is 5.92 Å². The van der Waals surface area contributed by atoms with E-state index in [-0.39, 0.29) is 5.91 Å². The van der Waals surface area contributed by atoms with Crippen LogP contribution in [0.25, 0.3) is 0 Å². The quantitative estimate of drug-likeness (QED) is 0.782. The van der Waals surface area contributed by atoms with Crippen LogP contribution >= 0.6 is 15.9 Å². The minimum absolute atomic E-state index is 0.285. The van der Waals surface area contributed by atoms with Crippen LogP contribution < -0.4 is 4.74 Å². The van der Waals surface area contributed by atoms with Crippen molar-refractivity contribution in [3.63, 3.8) is 0 Å². The average molecular weight is 312 g/mol. The number of hydrogen-bond donors (Lipinski definition) is 0. The van der Waals surface area contributed by atoms with Gasteiger partial charge in [-0.3, -0.25) is 4.79 Å². The van der Waals surface area contributed by atoms with E-state index in [0.717, 1.165) is 30.6 Å². The van der Waals surface area contributed by atoms with Gasteiger partial charge in [-0.05, 0) is 30.0 Å². The molecule has 0 aliphatic carbocycles. The molecule has 0 saturated carbocycles. The van der Waals surface area contributed by atoms with Gasteiger partial charge in [-0.25, -0.2) is 0 Å². The van der Waals surface area contributed by atoms with Gasteiger partial charge in [-0.2, -0.15) is 0 Å². The number of ether oxygens (including phenoxy) is 1. The van der Waals surface area contributed by atoms with Crippen molar-refractivity contribution in [1.29, 1.82) is 0 Å². The van der Waals surface area contributed by atoms with Crippen molar-refractivity contribution in [2.45, 2.75) is 12.8 Å². The summed E-state index contributed by atoms with van der Waals surface area (Å²) in [5, 5.41) is 0.914. The number of benzene rings is 1. The van der Waals surface area contributed by atoms with E-state index in [1.54, 1.807) is 7.11 Å². The molecule has 1 heterocycles. The standard InChI is InChI=1S/C14H18BrNO2/c1-18-13-4-2-11(3-5-13)6-7-16-10-12(9-15)8-14(16)17/h2-5,12H,6-10H2,1H3. The number of likely N-dealkylation sites (tertiary alicyclic amines) is 1. The predicted octanol–water partition coefficient (Wildman–Crippen LogP) is 2.48. The highest BCUT2D eigenvalue weighted by molar-refractivity contribution is 9.09. The molecule has 1 aliphatic rings. The highest BCUT2D eigenvalue weighted by Crippen LogP contribution is 2.20. The summed E-state index contributed by atoms with van der Waals surface area (Å²) in [6.45, 7) is 1.70. The monoisotopic (exact) mass is 311 g/mol. The second-order valence-electron chi connectivity index (χ2n) is 4.66. The van der Waals surface area contributed by atoms with Gasteiger partial charge >= 0.3 is 0 Å². The first kappa shape index (κ1) is 13.4. The summed E-state index contributed by atoms with van der Waals surface area (Å²) in [5.74, 6) is 1.64. The van der Waals surface area contributed by atoms with E-state index in [1.165, 1.54) is 5.56 Å². The lowest BCUT2D eigenvalue weighted by Crippen LogP contribution is -2.27. The highest BCUT2D eigenvalue weighted by Gasteiger charge is 2.28. The molecule has 1 aromatic carbocycles. The topological polar surface area (TPSA) is 29.5 Å². The number of carbonyl (C=O) groups is 1. The molecular weight excluding hydrogens is 294 g/mol. The van der Waals surface area contributed by atoms with Crippen LogP contribution in [-0.2, 0) is 11.2 Å². The van der Waals surface area contributed by atoms with Crippen molar-refractivity contribution in [3.8, 4) is 5.75 Å². The Morgan fingerprint density at radius 2 is 2.11 bits per heavy atom. The molecule has 18 heavy (non-hydrogen) atoms. The summed E-state index contributed by atoms with van der Waals surface area (Å²) < 4.78 is 5.12. The van der Waals surface area contributed by atoms with Crippen LogP contribution in [0, 0.1) is 5.92 Å². The predicted molar refractivity (Wildman–Crippen MR) is 75.2 cm³/mol. The molecule has 1 fully saturated rings. The Morgan fingerprint density at radius 3 is 2.67 bits per heavy atom. The first-order valence-corrected chi connectivity index (χ1v) is 7.31. The minimum Gasteiger partial charge on any atom is -0.497 e. The molecule has 0 radical (unpaired) electrons. The molecule has 98 valence electrons. The molecule has 1 atom stereocenters. The number of carbonyl (C=O) groups excluding carboxylic acids is 1. The van der Waals surface area contributed by atoms with E-state index in [9.17, 15) is 4.79 Å². The molecule has 1 unspecified atom stereocenters. The lowest BCUT2D eigenvalue weighted by molar-refractivity contribution is -0.127. The second-order valence-corrected chi connectivity index (χ2v) is 5.31. The van der Waals surface area contributed by atoms with Gasteiger partial charge < -0.3 is 9.64 Å². The summed E-state index contributed by atoms with van der Waals surface area (Å²) >= 11 is 3.45. The van der Waals surface area contributed by atoms with Gasteiger partial charge in [-0.15, -0.1) is 0 Å². The fraction of sp³-hybridized carbons (Fsp3) is 0.500. The number of methoxy groups -OCH3 is 1. The van der Waals surface area contributed by atoms with Crippen LogP contribution in [0.5, 0.6) is 5.75 Å². The maximum atomic E-state index is 11.8. The van der Waals surface area contributed by atoms with Crippen molar-refractivity contribution in [2.75, 3.05) is 25.5 Å². The third kappa shape index (κ3) is 3.25. The minimum atomic E-state index is 0.285. The zero-order chi connectivity index (χ0) is 13.0. The number of nitrogens with zero attached hydrogens (tertiary/aromatic N) is 1. The average Bonchev–Trinajstić information content (AvgIpc) is 2.77. The largest absolute Gasteiger partial charge is 0.497 e. The van der Waals surface area contributed by atoms with Gasteiger partial charge in [0.25, 0.3) is 0 Å². The van der Waals surface area contributed by atoms with Crippen LogP contribution in [0.2, 0.25) is 0 Å². The molecule has 1 aliphatic heterocycles. The molecular formula is C14H18BrNO2. The van der Waals surface area contributed by atoms with Gasteiger partial charge in [-0.1, -0.05) is 28.1 Å². The van der Waals surface area contributed by atoms with Crippen LogP contribution in [0.15, 0.2) is 24.3 Å². The molecule has 1 aromatic rings. The Morgan fingerprint density at radius 1 is 1.39 bits per heavy atom. The van der Waals surface area contributed by atoms with Crippen molar-refractivity contribution in [3.05, 3.63) is 29.8 Å². The molecule has 0 N–H and O–H groups in total. The lowest BCUT2D eigenvalue weighted by Gasteiger charge is -2.16. The third-order valence-corrected chi connectivity index (χ3v) is 4.26. The molecule has 3 nitrogen and oxygen atoms in total. The number of amides is 1. The van der Waals surface area contributed by atoms with Crippen molar-refractivity contribution in [1.82, 2.24) is 4.90 Å². The van der Waals surface area contributed by atoms with E-state index < -0.39 is 0 Å². The van der Waals surface area contributed by atoms with E-state index in [1.807, 2.05) is 17.0 Å². The fourth-order valence-electron chi connectivity index (χ4n) is 2.23. The SMILES string of the molecule is COc1ccc(CCN2CC(CBr)CC2=O)cc1. The third-order valence-electron chi connectivity index (χ3n) is 3.34. The zero-order valence-corrected chi connectivity index (χ0v) is 12.1. The number of rotatable bonds is 5. The smallest absolute Gasteiger partial charge is 0.222 e. The zero-order valence-electron chi connectivity index (χ0n) is 10.6. The summed E-state index contributed by atoms with van der Waals surface area (Å²) in [5.41, 5.74) is 1.24. The molecule has 0 spiro atoms. The van der Waals surface area contributed by atoms with Gasteiger partial charge in [0.2, 0.25) is 5.91 Å². The Balaban J connectivity index is 1.85. The molecule has 1 amide bonds. The summed E-state index contributed by atoms with van der Waals surface area (Å²) in [4.78, 5) is 13.7. The molecule has 4 heteroatoms. The Kier molecular flexibility index (Phi) is 4.64. The lowest BCUT2D eigenvalue weighted by atomic mass is 10.1. The Labute approximate surface area is 116 Å². The van der Waals surface area contributed by atoms with E-state index >= 15 is 0 Å². The number of halogens is 1. The normalized spacial score (nSPS) is 19.3. The highest BCUT2D eigenvalue weighted by atomic mass is 79.9. The second kappa shape index (κ2) is 6.23. The maximum Gasteiger partial charge on any atom is 0.222 e. The molecule has 1 saturated heterocycles. The number of alkyl halides is 1. The van der Waals surface area contributed by atoms with E-state index in [0.29, 0.717) is 12.3 Å². The van der Waals surface area contributed by atoms with E-state index in [4.69, 9.17) is 4.74 Å². The fourth-order valence-corrected chi connectivity index (χ4v) is 2.66. The summed E-state index contributed by atoms with van der Waals surface area (Å²) in [7, 11) is 1.67. The van der Waals surface area contributed by atoms with Gasteiger partial charge in [0.05, 0.1) is 7.11 Å². The Hall–Kier alpha value is -1.03.